The van der Waals surface area contributed by atoms with Crippen LogP contribution in [0.5, 0.6) is 11.5 Å². The molecule has 5 heteroatoms. The molecule has 4 rings (SSSR count). The first-order chi connectivity index (χ1) is 11.7. The third-order valence-corrected chi connectivity index (χ3v) is 4.17. The largest absolute Gasteiger partial charge is 0.496 e. The van der Waals surface area contributed by atoms with Crippen LogP contribution in [0.3, 0.4) is 0 Å². The van der Waals surface area contributed by atoms with Gasteiger partial charge in [0.15, 0.2) is 11.5 Å². The minimum atomic E-state index is -0.470. The fraction of sp³-hybridized carbons (Fsp3) is 0.105. The number of hydrogen-bond donors (Lipinski definition) is 1. The van der Waals surface area contributed by atoms with Gasteiger partial charge in [0.25, 0.3) is 0 Å². The first-order valence-corrected chi connectivity index (χ1v) is 7.46. The number of para-hydroxylation sites is 2. The molecule has 0 radical (unpaired) electrons. The van der Waals surface area contributed by atoms with Crippen LogP contribution in [0.1, 0.15) is 17.2 Å². The summed E-state index contributed by atoms with van der Waals surface area (Å²) in [5.74, 6) is 1.40. The number of nitrogens with zero attached hydrogens (tertiary/aromatic N) is 1. The van der Waals surface area contributed by atoms with Crippen molar-refractivity contribution in [2.45, 2.75) is 5.92 Å². The standard InChI is InChI=1S/C19H14N2O3/c1-22-14-8-4-2-6-11(14)16-13(10-20)19(21)24-17-12-7-3-5-9-15(12)23-18(16)17/h2-9,16H,21H2,1H3. The second-order valence-electron chi connectivity index (χ2n) is 5.46. The molecule has 1 atom stereocenters. The lowest BCUT2D eigenvalue weighted by Crippen LogP contribution is -2.20. The SMILES string of the molecule is COc1ccccc1C1C(C#N)=C(N)Oc2c1oc1ccccc21. The van der Waals surface area contributed by atoms with Gasteiger partial charge in [-0.15, -0.1) is 0 Å². The van der Waals surface area contributed by atoms with Gasteiger partial charge in [0.05, 0.1) is 18.4 Å². The van der Waals surface area contributed by atoms with Gasteiger partial charge in [-0.2, -0.15) is 5.26 Å². The van der Waals surface area contributed by atoms with Crippen LogP contribution in [0.15, 0.2) is 64.4 Å². The average Bonchev–Trinajstić information content (AvgIpc) is 2.98. The van der Waals surface area contributed by atoms with Gasteiger partial charge in [-0.05, 0) is 18.2 Å². The Bertz CT molecular complexity index is 1010. The van der Waals surface area contributed by atoms with Crippen molar-refractivity contribution >= 4 is 11.0 Å². The highest BCUT2D eigenvalue weighted by molar-refractivity contribution is 5.87. The zero-order valence-electron chi connectivity index (χ0n) is 12.9. The van der Waals surface area contributed by atoms with E-state index in [0.717, 1.165) is 10.9 Å². The Kier molecular flexibility index (Phi) is 3.17. The van der Waals surface area contributed by atoms with Crippen molar-refractivity contribution in [1.82, 2.24) is 0 Å². The fourth-order valence-electron chi connectivity index (χ4n) is 3.10. The van der Waals surface area contributed by atoms with E-state index < -0.39 is 5.92 Å². The number of hydrogen-bond acceptors (Lipinski definition) is 5. The molecule has 1 aromatic heterocycles. The van der Waals surface area contributed by atoms with E-state index in [1.54, 1.807) is 7.11 Å². The maximum Gasteiger partial charge on any atom is 0.206 e. The van der Waals surface area contributed by atoms with E-state index in [0.29, 0.717) is 28.4 Å². The third-order valence-electron chi connectivity index (χ3n) is 4.17. The topological polar surface area (TPSA) is 81.4 Å². The van der Waals surface area contributed by atoms with E-state index in [-0.39, 0.29) is 5.88 Å². The highest BCUT2D eigenvalue weighted by Crippen LogP contribution is 2.48. The van der Waals surface area contributed by atoms with Crippen molar-refractivity contribution in [3.63, 3.8) is 0 Å². The van der Waals surface area contributed by atoms with Crippen molar-refractivity contribution in [2.75, 3.05) is 7.11 Å². The molecule has 24 heavy (non-hydrogen) atoms. The van der Waals surface area contributed by atoms with Crippen molar-refractivity contribution < 1.29 is 13.9 Å². The molecule has 118 valence electrons. The van der Waals surface area contributed by atoms with Crippen LogP contribution in [-0.4, -0.2) is 7.11 Å². The van der Waals surface area contributed by atoms with E-state index in [1.807, 2.05) is 48.5 Å². The summed E-state index contributed by atoms with van der Waals surface area (Å²) in [6.45, 7) is 0. The highest BCUT2D eigenvalue weighted by Gasteiger charge is 2.36. The lowest BCUT2D eigenvalue weighted by Gasteiger charge is -2.23. The van der Waals surface area contributed by atoms with Gasteiger partial charge < -0.3 is 19.6 Å². The third kappa shape index (κ3) is 1.94. The number of methoxy groups -OCH3 is 1. The maximum atomic E-state index is 9.61. The molecule has 3 aromatic rings. The fourth-order valence-corrected chi connectivity index (χ4v) is 3.10. The molecule has 2 N–H and O–H groups in total. The molecule has 5 nitrogen and oxygen atoms in total. The summed E-state index contributed by atoms with van der Waals surface area (Å²) >= 11 is 0. The lowest BCUT2D eigenvalue weighted by atomic mass is 9.87. The molecule has 0 bridgehead atoms. The summed E-state index contributed by atoms with van der Waals surface area (Å²) in [7, 11) is 1.59. The number of fused-ring (bicyclic) bond motifs is 3. The number of allylic oxidation sites excluding steroid dienone is 1. The highest BCUT2D eigenvalue weighted by atomic mass is 16.5. The number of benzene rings is 2. The zero-order chi connectivity index (χ0) is 16.7. The van der Waals surface area contributed by atoms with E-state index in [9.17, 15) is 5.26 Å². The minimum absolute atomic E-state index is 0.0902. The molecule has 0 aliphatic carbocycles. The second-order valence-corrected chi connectivity index (χ2v) is 5.46. The Morgan fingerprint density at radius 1 is 1.12 bits per heavy atom. The molecule has 0 saturated carbocycles. The van der Waals surface area contributed by atoms with Gasteiger partial charge >= 0.3 is 0 Å². The van der Waals surface area contributed by atoms with Crippen LogP contribution in [0, 0.1) is 11.3 Å². The molecular weight excluding hydrogens is 304 g/mol. The Morgan fingerprint density at radius 2 is 1.88 bits per heavy atom. The zero-order valence-corrected chi connectivity index (χ0v) is 12.9. The van der Waals surface area contributed by atoms with E-state index in [2.05, 4.69) is 6.07 Å². The van der Waals surface area contributed by atoms with E-state index in [4.69, 9.17) is 19.6 Å². The first kappa shape index (κ1) is 14.2. The van der Waals surface area contributed by atoms with Crippen LogP contribution < -0.4 is 15.2 Å². The number of nitrogens with two attached hydrogens (primary N) is 1. The maximum absolute atomic E-state index is 9.61. The summed E-state index contributed by atoms with van der Waals surface area (Å²) in [5.41, 5.74) is 7.84. The van der Waals surface area contributed by atoms with E-state index >= 15 is 0 Å². The molecule has 2 aromatic carbocycles. The van der Waals surface area contributed by atoms with E-state index in [1.165, 1.54) is 0 Å². The Morgan fingerprint density at radius 3 is 2.67 bits per heavy atom. The van der Waals surface area contributed by atoms with Crippen LogP contribution in [-0.2, 0) is 0 Å². The molecule has 0 amide bonds. The number of furan rings is 1. The number of ether oxygens (including phenoxy) is 2. The minimum Gasteiger partial charge on any atom is -0.496 e. The van der Waals surface area contributed by atoms with Crippen molar-refractivity contribution in [2.24, 2.45) is 5.73 Å². The Hall–Kier alpha value is -3.39. The van der Waals surface area contributed by atoms with Gasteiger partial charge in [-0.1, -0.05) is 30.3 Å². The molecule has 0 spiro atoms. The molecule has 1 aliphatic rings. The van der Waals surface area contributed by atoms with Crippen molar-refractivity contribution in [3.8, 4) is 17.6 Å². The molecule has 1 unspecified atom stereocenters. The molecular formula is C19H14N2O3. The summed E-state index contributed by atoms with van der Waals surface area (Å²) in [5, 5.41) is 10.4. The Labute approximate surface area is 138 Å². The Balaban J connectivity index is 2.03. The van der Waals surface area contributed by atoms with Crippen molar-refractivity contribution in [3.05, 3.63) is 71.3 Å². The van der Waals surface area contributed by atoms with Gasteiger partial charge in [-0.25, -0.2) is 0 Å². The summed E-state index contributed by atoms with van der Waals surface area (Å²) < 4.78 is 17.2. The number of rotatable bonds is 2. The smallest absolute Gasteiger partial charge is 0.206 e. The average molecular weight is 318 g/mol. The first-order valence-electron chi connectivity index (χ1n) is 7.46. The molecule has 1 aliphatic heterocycles. The van der Waals surface area contributed by atoms with Crippen LogP contribution in [0.4, 0.5) is 0 Å². The van der Waals surface area contributed by atoms with Crippen LogP contribution in [0.25, 0.3) is 11.0 Å². The van der Waals surface area contributed by atoms with Crippen LogP contribution in [0.2, 0.25) is 0 Å². The van der Waals surface area contributed by atoms with Gasteiger partial charge in [0.2, 0.25) is 5.88 Å². The number of nitriles is 1. The normalized spacial score (nSPS) is 16.4. The van der Waals surface area contributed by atoms with Gasteiger partial charge in [0.1, 0.15) is 23.0 Å². The predicted molar refractivity (Wildman–Crippen MR) is 88.5 cm³/mol. The van der Waals surface area contributed by atoms with Gasteiger partial charge in [0, 0.05) is 5.56 Å². The molecule has 0 saturated heterocycles. The van der Waals surface area contributed by atoms with Crippen LogP contribution >= 0.6 is 0 Å². The summed E-state index contributed by atoms with van der Waals surface area (Å²) in [4.78, 5) is 0. The summed E-state index contributed by atoms with van der Waals surface area (Å²) in [6, 6.07) is 17.2. The van der Waals surface area contributed by atoms with Crippen molar-refractivity contribution in [1.29, 1.82) is 5.26 Å². The second kappa shape index (κ2) is 5.36. The monoisotopic (exact) mass is 318 g/mol. The summed E-state index contributed by atoms with van der Waals surface area (Å²) in [6.07, 6.45) is 0. The molecule has 2 heterocycles. The quantitative estimate of drug-likeness (QED) is 0.780. The van der Waals surface area contributed by atoms with Gasteiger partial charge in [-0.3, -0.25) is 0 Å². The predicted octanol–water partition coefficient (Wildman–Crippen LogP) is 3.66. The lowest BCUT2D eigenvalue weighted by molar-refractivity contribution is 0.366. The molecule has 0 fully saturated rings.